The van der Waals surface area contributed by atoms with Gasteiger partial charge in [0, 0.05) is 43.1 Å². The van der Waals surface area contributed by atoms with E-state index in [1.807, 2.05) is 30.3 Å². The van der Waals surface area contributed by atoms with E-state index in [0.29, 0.717) is 6.54 Å². The molecule has 2 heterocycles. The highest BCUT2D eigenvalue weighted by molar-refractivity contribution is 5.96. The first kappa shape index (κ1) is 18.7. The number of aryl methyl sites for hydroxylation is 1. The number of nitrogens with zero attached hydrogens (tertiary/aromatic N) is 1. The maximum Gasteiger partial charge on any atom is 0.244 e. The van der Waals surface area contributed by atoms with Crippen LogP contribution in [0.3, 0.4) is 0 Å². The zero-order valence-electron chi connectivity index (χ0n) is 15.5. The van der Waals surface area contributed by atoms with Crippen LogP contribution in [0.2, 0.25) is 0 Å². The van der Waals surface area contributed by atoms with Gasteiger partial charge in [-0.05, 0) is 31.5 Å². The molecule has 1 fully saturated rings. The molecule has 1 N–H and O–H groups in total. The second kappa shape index (κ2) is 9.55. The Morgan fingerprint density at radius 1 is 1.23 bits per heavy atom. The van der Waals surface area contributed by atoms with Gasteiger partial charge in [-0.3, -0.25) is 9.69 Å². The molecule has 0 atom stereocenters. The summed E-state index contributed by atoms with van der Waals surface area (Å²) in [5.41, 5.74) is 1.87. The zero-order valence-corrected chi connectivity index (χ0v) is 15.5. The highest BCUT2D eigenvalue weighted by Crippen LogP contribution is 2.27. The predicted molar refractivity (Wildman–Crippen MR) is 104 cm³/mol. The van der Waals surface area contributed by atoms with Crippen molar-refractivity contribution in [1.29, 1.82) is 0 Å². The topological polar surface area (TPSA) is 54.7 Å². The molecule has 1 aliphatic rings. The molecular weight excluding hydrogens is 328 g/mol. The van der Waals surface area contributed by atoms with Crippen LogP contribution in [0.25, 0.3) is 17.0 Å². The van der Waals surface area contributed by atoms with Crippen molar-refractivity contribution in [3.05, 3.63) is 41.7 Å². The molecule has 0 radical (unpaired) electrons. The third kappa shape index (κ3) is 4.96. The Labute approximate surface area is 155 Å². The minimum Gasteiger partial charge on any atom is -0.460 e. The maximum atomic E-state index is 12.1. The van der Waals surface area contributed by atoms with Gasteiger partial charge in [0.15, 0.2) is 0 Å². The average molecular weight is 356 g/mol. The van der Waals surface area contributed by atoms with Gasteiger partial charge < -0.3 is 14.5 Å². The largest absolute Gasteiger partial charge is 0.460 e. The monoisotopic (exact) mass is 356 g/mol. The number of rotatable bonds is 8. The molecule has 0 bridgehead atoms. The smallest absolute Gasteiger partial charge is 0.244 e. The third-order valence-electron chi connectivity index (χ3n) is 4.74. The highest BCUT2D eigenvalue weighted by atomic mass is 16.5. The summed E-state index contributed by atoms with van der Waals surface area (Å²) >= 11 is 0. The lowest BCUT2D eigenvalue weighted by Gasteiger charge is -2.26. The minimum absolute atomic E-state index is 0.0521. The van der Waals surface area contributed by atoms with Crippen molar-refractivity contribution in [3.8, 4) is 0 Å². The van der Waals surface area contributed by atoms with E-state index in [0.717, 1.165) is 74.4 Å². The molecule has 1 amide bonds. The van der Waals surface area contributed by atoms with Gasteiger partial charge >= 0.3 is 0 Å². The Balaban J connectivity index is 1.44. The van der Waals surface area contributed by atoms with Crippen LogP contribution in [-0.4, -0.2) is 50.2 Å². The maximum absolute atomic E-state index is 12.1. The summed E-state index contributed by atoms with van der Waals surface area (Å²) in [6.45, 7) is 7.56. The first-order valence-electron chi connectivity index (χ1n) is 9.54. The lowest BCUT2D eigenvalue weighted by Crippen LogP contribution is -2.37. The van der Waals surface area contributed by atoms with E-state index in [2.05, 4.69) is 17.1 Å². The summed E-state index contributed by atoms with van der Waals surface area (Å²) in [7, 11) is 0. The average Bonchev–Trinajstić information content (AvgIpc) is 3.04. The number of hydrogen-bond acceptors (Lipinski definition) is 4. The van der Waals surface area contributed by atoms with Crippen LogP contribution in [-0.2, 0) is 16.0 Å². The summed E-state index contributed by atoms with van der Waals surface area (Å²) in [6.07, 6.45) is 6.37. The van der Waals surface area contributed by atoms with Gasteiger partial charge in [-0.2, -0.15) is 0 Å². The normalized spacial score (nSPS) is 15.7. The van der Waals surface area contributed by atoms with Crippen molar-refractivity contribution in [1.82, 2.24) is 10.2 Å². The van der Waals surface area contributed by atoms with Gasteiger partial charge in [-0.15, -0.1) is 0 Å². The molecule has 5 heteroatoms. The van der Waals surface area contributed by atoms with Gasteiger partial charge in [0.2, 0.25) is 5.91 Å². The summed E-state index contributed by atoms with van der Waals surface area (Å²) < 4.78 is 11.2. The van der Waals surface area contributed by atoms with Crippen molar-refractivity contribution >= 4 is 23.0 Å². The summed E-state index contributed by atoms with van der Waals surface area (Å²) in [5, 5.41) is 4.02. The van der Waals surface area contributed by atoms with Gasteiger partial charge in [0.1, 0.15) is 11.3 Å². The SMILES string of the molecule is CCc1oc2ccccc2c1/C=C/C(=O)NCCCCN1CCOCC1. The Morgan fingerprint density at radius 3 is 2.85 bits per heavy atom. The number of benzene rings is 1. The molecule has 0 saturated carbocycles. The number of furan rings is 1. The highest BCUT2D eigenvalue weighted by Gasteiger charge is 2.11. The Hall–Kier alpha value is -2.11. The molecule has 140 valence electrons. The summed E-state index contributed by atoms with van der Waals surface area (Å²) in [5.74, 6) is 0.865. The van der Waals surface area contributed by atoms with E-state index in [1.165, 1.54) is 0 Å². The first-order chi connectivity index (χ1) is 12.8. The van der Waals surface area contributed by atoms with Gasteiger partial charge in [0.25, 0.3) is 0 Å². The Bertz CT molecular complexity index is 745. The van der Waals surface area contributed by atoms with Crippen LogP contribution >= 0.6 is 0 Å². The fraction of sp³-hybridized carbons (Fsp3) is 0.476. The van der Waals surface area contributed by atoms with E-state index < -0.39 is 0 Å². The predicted octanol–water partition coefficient (Wildman–Crippen LogP) is 3.24. The van der Waals surface area contributed by atoms with Crippen molar-refractivity contribution in [2.45, 2.75) is 26.2 Å². The van der Waals surface area contributed by atoms with Crippen LogP contribution in [0, 0.1) is 0 Å². The molecule has 1 aromatic carbocycles. The first-order valence-corrected chi connectivity index (χ1v) is 9.54. The number of unbranched alkanes of at least 4 members (excludes halogenated alkanes) is 1. The number of morpholine rings is 1. The molecule has 0 unspecified atom stereocenters. The Kier molecular flexibility index (Phi) is 6.86. The number of fused-ring (bicyclic) bond motifs is 1. The molecule has 1 saturated heterocycles. The van der Waals surface area contributed by atoms with Crippen molar-refractivity contribution < 1.29 is 13.9 Å². The fourth-order valence-electron chi connectivity index (χ4n) is 3.28. The second-order valence-corrected chi connectivity index (χ2v) is 6.57. The van der Waals surface area contributed by atoms with E-state index in [-0.39, 0.29) is 5.91 Å². The van der Waals surface area contributed by atoms with E-state index >= 15 is 0 Å². The standard InChI is InChI=1S/C21H28N2O3/c1-2-19-18(17-7-3-4-8-20(17)26-19)9-10-21(24)22-11-5-6-12-23-13-15-25-16-14-23/h3-4,7-10H,2,5-6,11-16H2,1H3,(H,22,24)/b10-9+. The van der Waals surface area contributed by atoms with Gasteiger partial charge in [-0.1, -0.05) is 25.1 Å². The molecule has 1 aliphatic heterocycles. The van der Waals surface area contributed by atoms with Crippen LogP contribution < -0.4 is 5.32 Å². The van der Waals surface area contributed by atoms with E-state index in [9.17, 15) is 4.79 Å². The van der Waals surface area contributed by atoms with E-state index in [4.69, 9.17) is 9.15 Å². The van der Waals surface area contributed by atoms with Crippen LogP contribution in [0.5, 0.6) is 0 Å². The molecule has 2 aromatic rings. The summed E-state index contributed by atoms with van der Waals surface area (Å²) in [6, 6.07) is 7.94. The van der Waals surface area contributed by atoms with Crippen LogP contribution in [0.4, 0.5) is 0 Å². The van der Waals surface area contributed by atoms with Crippen LogP contribution in [0.15, 0.2) is 34.8 Å². The molecule has 0 aliphatic carbocycles. The summed E-state index contributed by atoms with van der Waals surface area (Å²) in [4.78, 5) is 14.5. The fourth-order valence-corrected chi connectivity index (χ4v) is 3.28. The van der Waals surface area contributed by atoms with Gasteiger partial charge in [-0.25, -0.2) is 0 Å². The molecular formula is C21H28N2O3. The lowest BCUT2D eigenvalue weighted by atomic mass is 10.1. The van der Waals surface area contributed by atoms with Crippen molar-refractivity contribution in [2.24, 2.45) is 0 Å². The number of amides is 1. The second-order valence-electron chi connectivity index (χ2n) is 6.57. The lowest BCUT2D eigenvalue weighted by molar-refractivity contribution is -0.116. The molecule has 5 nitrogen and oxygen atoms in total. The number of nitrogens with one attached hydrogen (secondary N) is 1. The van der Waals surface area contributed by atoms with E-state index in [1.54, 1.807) is 6.08 Å². The third-order valence-corrected chi connectivity index (χ3v) is 4.74. The molecule has 3 rings (SSSR count). The zero-order chi connectivity index (χ0) is 18.2. The van der Waals surface area contributed by atoms with Crippen LogP contribution in [0.1, 0.15) is 31.1 Å². The van der Waals surface area contributed by atoms with Crippen molar-refractivity contribution in [3.63, 3.8) is 0 Å². The number of carbonyl (C=O) groups is 1. The number of ether oxygens (including phenoxy) is 1. The van der Waals surface area contributed by atoms with Gasteiger partial charge in [0.05, 0.1) is 13.2 Å². The number of carbonyl (C=O) groups excluding carboxylic acids is 1. The number of para-hydroxylation sites is 1. The minimum atomic E-state index is -0.0521. The quantitative estimate of drug-likeness (QED) is 0.583. The molecule has 0 spiro atoms. The molecule has 1 aromatic heterocycles. The Morgan fingerprint density at radius 2 is 2.04 bits per heavy atom. The molecule has 26 heavy (non-hydrogen) atoms. The van der Waals surface area contributed by atoms with Crippen molar-refractivity contribution in [2.75, 3.05) is 39.4 Å². The number of hydrogen-bond donors (Lipinski definition) is 1.